The van der Waals surface area contributed by atoms with E-state index in [1.807, 2.05) is 24.3 Å². The minimum atomic E-state index is 0.448. The molecule has 0 aliphatic rings. The van der Waals surface area contributed by atoms with Crippen LogP contribution in [0.5, 0.6) is 0 Å². The average molecular weight is 268 g/mol. The van der Waals surface area contributed by atoms with E-state index in [2.05, 4.69) is 20.9 Å². The smallest absolute Gasteiger partial charge is 0.226 e. The van der Waals surface area contributed by atoms with E-state index in [-0.39, 0.29) is 0 Å². The second kappa shape index (κ2) is 4.59. The predicted molar refractivity (Wildman–Crippen MR) is 60.4 cm³/mol. The number of oxazole rings is 1. The van der Waals surface area contributed by atoms with Crippen LogP contribution in [0.15, 0.2) is 39.4 Å². The van der Waals surface area contributed by atoms with Gasteiger partial charge in [-0.15, -0.1) is 0 Å². The van der Waals surface area contributed by atoms with E-state index >= 15 is 0 Å². The van der Waals surface area contributed by atoms with E-state index in [1.165, 1.54) is 0 Å². The Labute approximate surface area is 96.2 Å². The van der Waals surface area contributed by atoms with Crippen LogP contribution in [0.25, 0.3) is 11.5 Å². The van der Waals surface area contributed by atoms with Crippen LogP contribution < -0.4 is 0 Å². The summed E-state index contributed by atoms with van der Waals surface area (Å²) in [7, 11) is 1.63. The Hall–Kier alpha value is -1.13. The van der Waals surface area contributed by atoms with Gasteiger partial charge in [-0.2, -0.15) is 0 Å². The van der Waals surface area contributed by atoms with Crippen molar-refractivity contribution in [1.82, 2.24) is 4.98 Å². The van der Waals surface area contributed by atoms with Crippen molar-refractivity contribution in [2.75, 3.05) is 7.11 Å². The molecule has 0 radical (unpaired) electrons. The number of nitrogens with zero attached hydrogens (tertiary/aromatic N) is 1. The number of rotatable bonds is 3. The first-order valence-corrected chi connectivity index (χ1v) is 5.28. The molecule has 0 spiro atoms. The maximum absolute atomic E-state index is 5.50. The number of aromatic nitrogens is 1. The van der Waals surface area contributed by atoms with Crippen molar-refractivity contribution in [2.45, 2.75) is 6.61 Å². The lowest BCUT2D eigenvalue weighted by Crippen LogP contribution is -1.81. The zero-order valence-electron chi connectivity index (χ0n) is 8.24. The number of hydrogen-bond donors (Lipinski definition) is 0. The van der Waals surface area contributed by atoms with Gasteiger partial charge in [0.05, 0.1) is 6.20 Å². The van der Waals surface area contributed by atoms with Gasteiger partial charge < -0.3 is 9.15 Å². The first kappa shape index (κ1) is 10.4. The Morgan fingerprint density at radius 3 is 2.73 bits per heavy atom. The molecule has 78 valence electrons. The third-order valence-corrected chi connectivity index (χ3v) is 2.46. The van der Waals surface area contributed by atoms with Crippen LogP contribution in [0, 0.1) is 0 Å². The molecule has 0 bridgehead atoms. The van der Waals surface area contributed by atoms with E-state index in [9.17, 15) is 0 Å². The largest absolute Gasteiger partial charge is 0.439 e. The molecule has 0 unspecified atom stereocenters. The first-order valence-electron chi connectivity index (χ1n) is 4.49. The summed E-state index contributed by atoms with van der Waals surface area (Å²) < 4.78 is 11.5. The highest BCUT2D eigenvalue weighted by Gasteiger charge is 2.05. The van der Waals surface area contributed by atoms with Crippen molar-refractivity contribution < 1.29 is 9.15 Å². The van der Waals surface area contributed by atoms with Crippen LogP contribution >= 0.6 is 15.9 Å². The normalized spacial score (nSPS) is 10.5. The topological polar surface area (TPSA) is 35.3 Å². The lowest BCUT2D eigenvalue weighted by atomic mass is 10.2. The molecule has 0 N–H and O–H groups in total. The molecule has 0 aliphatic carbocycles. The molecule has 0 saturated carbocycles. The van der Waals surface area contributed by atoms with Gasteiger partial charge in [-0.25, -0.2) is 4.98 Å². The van der Waals surface area contributed by atoms with Gasteiger partial charge in [-0.3, -0.25) is 0 Å². The molecule has 3 nitrogen and oxygen atoms in total. The van der Waals surface area contributed by atoms with Crippen LogP contribution in [0.2, 0.25) is 0 Å². The molecule has 0 fully saturated rings. The molecule has 1 aromatic heterocycles. The predicted octanol–water partition coefficient (Wildman–Crippen LogP) is 3.25. The van der Waals surface area contributed by atoms with Crippen molar-refractivity contribution >= 4 is 15.9 Å². The van der Waals surface area contributed by atoms with Crippen molar-refractivity contribution in [3.05, 3.63) is 40.7 Å². The van der Waals surface area contributed by atoms with Gasteiger partial charge in [0.25, 0.3) is 0 Å². The Morgan fingerprint density at radius 1 is 1.33 bits per heavy atom. The van der Waals surface area contributed by atoms with Crippen LogP contribution in [-0.4, -0.2) is 12.1 Å². The van der Waals surface area contributed by atoms with E-state index in [0.717, 1.165) is 15.8 Å². The maximum atomic E-state index is 5.50. The molecule has 1 aromatic carbocycles. The average Bonchev–Trinajstić information content (AvgIpc) is 2.68. The summed E-state index contributed by atoms with van der Waals surface area (Å²) in [6.45, 7) is 0.448. The Bertz CT molecular complexity index is 436. The molecule has 15 heavy (non-hydrogen) atoms. The molecular weight excluding hydrogens is 258 g/mol. The number of benzene rings is 1. The van der Waals surface area contributed by atoms with E-state index in [0.29, 0.717) is 12.5 Å². The highest BCUT2D eigenvalue weighted by Crippen LogP contribution is 2.21. The molecule has 0 saturated heterocycles. The van der Waals surface area contributed by atoms with E-state index in [4.69, 9.17) is 9.15 Å². The highest BCUT2D eigenvalue weighted by atomic mass is 79.9. The van der Waals surface area contributed by atoms with Gasteiger partial charge in [-0.05, 0) is 24.3 Å². The molecule has 1 heterocycles. The summed E-state index contributed by atoms with van der Waals surface area (Å²) in [5, 5.41) is 0. The van der Waals surface area contributed by atoms with Gasteiger partial charge in [0, 0.05) is 17.1 Å². The van der Waals surface area contributed by atoms with Crippen LogP contribution in [0.4, 0.5) is 0 Å². The number of halogens is 1. The third kappa shape index (κ3) is 2.46. The Morgan fingerprint density at radius 2 is 2.07 bits per heavy atom. The fourth-order valence-electron chi connectivity index (χ4n) is 1.24. The summed E-state index contributed by atoms with van der Waals surface area (Å²) in [6.07, 6.45) is 1.68. The molecule has 4 heteroatoms. The van der Waals surface area contributed by atoms with Gasteiger partial charge in [0.15, 0.2) is 5.76 Å². The van der Waals surface area contributed by atoms with Crippen molar-refractivity contribution in [3.63, 3.8) is 0 Å². The van der Waals surface area contributed by atoms with Crippen molar-refractivity contribution in [3.8, 4) is 11.5 Å². The van der Waals surface area contributed by atoms with Gasteiger partial charge >= 0.3 is 0 Å². The second-order valence-electron chi connectivity index (χ2n) is 3.07. The van der Waals surface area contributed by atoms with E-state index in [1.54, 1.807) is 13.3 Å². The van der Waals surface area contributed by atoms with Crippen LogP contribution in [0.3, 0.4) is 0 Å². The quantitative estimate of drug-likeness (QED) is 0.857. The summed E-state index contributed by atoms with van der Waals surface area (Å²) >= 11 is 3.38. The lowest BCUT2D eigenvalue weighted by molar-refractivity contribution is 0.165. The Balaban J connectivity index is 2.25. The second-order valence-corrected chi connectivity index (χ2v) is 3.99. The maximum Gasteiger partial charge on any atom is 0.226 e. The van der Waals surface area contributed by atoms with Gasteiger partial charge in [0.1, 0.15) is 6.61 Å². The molecule has 0 atom stereocenters. The Kier molecular flexibility index (Phi) is 3.18. The van der Waals surface area contributed by atoms with Crippen molar-refractivity contribution in [1.29, 1.82) is 0 Å². The number of methoxy groups -OCH3 is 1. The standard InChI is InChI=1S/C11H10BrNO2/c1-14-7-10-6-13-11(15-10)8-2-4-9(12)5-3-8/h2-6H,7H2,1H3. The molecular formula is C11H10BrNO2. The lowest BCUT2D eigenvalue weighted by Gasteiger charge is -1.95. The SMILES string of the molecule is COCc1cnc(-c2ccc(Br)cc2)o1. The fraction of sp³-hybridized carbons (Fsp3) is 0.182. The minimum absolute atomic E-state index is 0.448. The zero-order valence-corrected chi connectivity index (χ0v) is 9.82. The summed E-state index contributed by atoms with van der Waals surface area (Å²) in [5.41, 5.74) is 0.959. The van der Waals surface area contributed by atoms with E-state index < -0.39 is 0 Å². The monoisotopic (exact) mass is 267 g/mol. The molecule has 2 aromatic rings. The fourth-order valence-corrected chi connectivity index (χ4v) is 1.51. The minimum Gasteiger partial charge on any atom is -0.439 e. The zero-order chi connectivity index (χ0) is 10.7. The van der Waals surface area contributed by atoms with Gasteiger partial charge in [0.2, 0.25) is 5.89 Å². The third-order valence-electron chi connectivity index (χ3n) is 1.93. The summed E-state index contributed by atoms with van der Waals surface area (Å²) in [6, 6.07) is 7.81. The summed E-state index contributed by atoms with van der Waals surface area (Å²) in [5.74, 6) is 1.35. The van der Waals surface area contributed by atoms with Crippen LogP contribution in [-0.2, 0) is 11.3 Å². The highest BCUT2D eigenvalue weighted by molar-refractivity contribution is 9.10. The van der Waals surface area contributed by atoms with Gasteiger partial charge in [-0.1, -0.05) is 15.9 Å². The van der Waals surface area contributed by atoms with Crippen molar-refractivity contribution in [2.24, 2.45) is 0 Å². The number of hydrogen-bond acceptors (Lipinski definition) is 3. The first-order chi connectivity index (χ1) is 7.29. The molecule has 0 amide bonds. The summed E-state index contributed by atoms with van der Waals surface area (Å²) in [4.78, 5) is 4.17. The molecule has 0 aliphatic heterocycles. The van der Waals surface area contributed by atoms with Crippen LogP contribution in [0.1, 0.15) is 5.76 Å². The molecule has 2 rings (SSSR count). The number of ether oxygens (including phenoxy) is 1.